The number of amides is 1. The summed E-state index contributed by atoms with van der Waals surface area (Å²) < 4.78 is 13.8. The Bertz CT molecular complexity index is 717. The number of carbonyl (C=O) groups excluding carboxylic acids is 1. The average Bonchev–Trinajstić information content (AvgIpc) is 2.82. The number of nitrogens with one attached hydrogen (secondary N) is 1. The van der Waals surface area contributed by atoms with Gasteiger partial charge in [-0.05, 0) is 55.2 Å². The molecule has 0 fully saturated rings. The van der Waals surface area contributed by atoms with Crippen molar-refractivity contribution in [1.82, 2.24) is 10.3 Å². The molecule has 0 saturated heterocycles. The summed E-state index contributed by atoms with van der Waals surface area (Å²) in [4.78, 5) is 16.4. The van der Waals surface area contributed by atoms with Crippen LogP contribution in [-0.4, -0.2) is 10.9 Å². The van der Waals surface area contributed by atoms with Crippen LogP contribution in [0.4, 0.5) is 4.39 Å². The molecule has 0 saturated carbocycles. The van der Waals surface area contributed by atoms with Gasteiger partial charge >= 0.3 is 0 Å². The van der Waals surface area contributed by atoms with E-state index in [0.717, 1.165) is 5.56 Å². The van der Waals surface area contributed by atoms with Gasteiger partial charge in [-0.1, -0.05) is 11.6 Å². The molecule has 1 aromatic carbocycles. The first-order chi connectivity index (χ1) is 10.1. The first-order valence-electron chi connectivity index (χ1n) is 6.76. The maximum atomic E-state index is 13.8. The van der Waals surface area contributed by atoms with Crippen LogP contribution in [0.25, 0.3) is 0 Å². The van der Waals surface area contributed by atoms with E-state index in [9.17, 15) is 9.18 Å². The fourth-order valence-corrected chi connectivity index (χ4v) is 2.97. The Labute approximate surface area is 127 Å². The normalized spacial score (nSPS) is 16.6. The van der Waals surface area contributed by atoms with Crippen molar-refractivity contribution in [3.8, 4) is 0 Å². The van der Waals surface area contributed by atoms with Crippen molar-refractivity contribution < 1.29 is 9.18 Å². The zero-order valence-electron chi connectivity index (χ0n) is 11.5. The van der Waals surface area contributed by atoms with Gasteiger partial charge in [0.1, 0.15) is 5.82 Å². The molecule has 1 aromatic heterocycles. The molecule has 108 valence electrons. The van der Waals surface area contributed by atoms with Crippen LogP contribution in [0, 0.1) is 12.7 Å². The lowest BCUT2D eigenvalue weighted by molar-refractivity contribution is 0.0935. The smallest absolute Gasteiger partial charge is 0.253 e. The predicted molar refractivity (Wildman–Crippen MR) is 78.9 cm³/mol. The number of nitrogens with zero attached hydrogens (tertiary/aromatic N) is 1. The molecular formula is C16H14ClFN2O. The molecule has 0 bridgehead atoms. The topological polar surface area (TPSA) is 42.0 Å². The largest absolute Gasteiger partial charge is 0.345 e. The van der Waals surface area contributed by atoms with Gasteiger partial charge < -0.3 is 5.32 Å². The van der Waals surface area contributed by atoms with E-state index < -0.39 is 0 Å². The van der Waals surface area contributed by atoms with Gasteiger partial charge in [0, 0.05) is 16.9 Å². The van der Waals surface area contributed by atoms with Crippen LogP contribution in [0.1, 0.15) is 39.6 Å². The number of benzene rings is 1. The third-order valence-electron chi connectivity index (χ3n) is 3.81. The van der Waals surface area contributed by atoms with Crippen LogP contribution >= 0.6 is 11.6 Å². The number of aromatic nitrogens is 1. The Morgan fingerprint density at radius 3 is 3.05 bits per heavy atom. The third-order valence-corrected chi connectivity index (χ3v) is 4.03. The molecule has 5 heteroatoms. The molecule has 0 spiro atoms. The van der Waals surface area contributed by atoms with E-state index >= 15 is 0 Å². The van der Waals surface area contributed by atoms with E-state index in [1.165, 1.54) is 6.07 Å². The van der Waals surface area contributed by atoms with Gasteiger partial charge in [-0.15, -0.1) is 0 Å². The van der Waals surface area contributed by atoms with Crippen LogP contribution in [-0.2, 0) is 6.42 Å². The second kappa shape index (κ2) is 5.45. The Hall–Kier alpha value is -1.94. The Morgan fingerprint density at radius 2 is 2.29 bits per heavy atom. The lowest BCUT2D eigenvalue weighted by atomic mass is 10.1. The first kappa shape index (κ1) is 14.0. The maximum absolute atomic E-state index is 13.8. The van der Waals surface area contributed by atoms with E-state index in [2.05, 4.69) is 10.3 Å². The molecule has 3 nitrogen and oxygen atoms in total. The summed E-state index contributed by atoms with van der Waals surface area (Å²) in [6.07, 6.45) is 2.93. The van der Waals surface area contributed by atoms with Gasteiger partial charge in [-0.3, -0.25) is 9.78 Å². The van der Waals surface area contributed by atoms with E-state index in [1.807, 2.05) is 0 Å². The Kier molecular flexibility index (Phi) is 3.64. The summed E-state index contributed by atoms with van der Waals surface area (Å²) in [5.41, 5.74) is 2.63. The highest BCUT2D eigenvalue weighted by molar-refractivity contribution is 6.30. The number of rotatable bonds is 2. The molecule has 2 aromatic rings. The highest BCUT2D eigenvalue weighted by atomic mass is 35.5. The molecule has 0 aliphatic heterocycles. The van der Waals surface area contributed by atoms with Crippen molar-refractivity contribution in [2.75, 3.05) is 0 Å². The molecule has 1 N–H and O–H groups in total. The minimum absolute atomic E-state index is 0.196. The molecule has 0 unspecified atom stereocenters. The molecular weight excluding hydrogens is 291 g/mol. The van der Waals surface area contributed by atoms with E-state index in [-0.39, 0.29) is 17.8 Å². The van der Waals surface area contributed by atoms with Gasteiger partial charge in [0.25, 0.3) is 5.91 Å². The highest BCUT2D eigenvalue weighted by Crippen LogP contribution is 2.35. The number of hydrogen-bond acceptors (Lipinski definition) is 2. The van der Waals surface area contributed by atoms with Gasteiger partial charge in [0.15, 0.2) is 0 Å². The van der Waals surface area contributed by atoms with Crippen LogP contribution < -0.4 is 5.32 Å². The summed E-state index contributed by atoms with van der Waals surface area (Å²) in [5, 5.41) is 3.29. The van der Waals surface area contributed by atoms with Crippen molar-refractivity contribution in [3.63, 3.8) is 0 Å². The fraction of sp³-hybridized carbons (Fsp3) is 0.250. The molecule has 1 aliphatic rings. The lowest BCUT2D eigenvalue weighted by Crippen LogP contribution is -2.28. The van der Waals surface area contributed by atoms with Crippen molar-refractivity contribution >= 4 is 17.5 Å². The lowest BCUT2D eigenvalue weighted by Gasteiger charge is -2.15. The van der Waals surface area contributed by atoms with Crippen LogP contribution in [0.3, 0.4) is 0 Å². The summed E-state index contributed by atoms with van der Waals surface area (Å²) in [7, 11) is 0. The zero-order chi connectivity index (χ0) is 15.0. The number of halogens is 2. The maximum Gasteiger partial charge on any atom is 0.253 e. The van der Waals surface area contributed by atoms with Gasteiger partial charge in [0.2, 0.25) is 0 Å². The molecule has 1 heterocycles. The first-order valence-corrected chi connectivity index (χ1v) is 7.14. The van der Waals surface area contributed by atoms with Crippen molar-refractivity contribution in [2.45, 2.75) is 25.8 Å². The Balaban J connectivity index is 1.86. The van der Waals surface area contributed by atoms with E-state index in [0.29, 0.717) is 34.7 Å². The monoisotopic (exact) mass is 304 g/mol. The summed E-state index contributed by atoms with van der Waals surface area (Å²) in [5.74, 6) is -0.495. The van der Waals surface area contributed by atoms with Crippen LogP contribution in [0.15, 0.2) is 30.5 Å². The molecule has 1 aliphatic carbocycles. The van der Waals surface area contributed by atoms with Gasteiger partial charge in [-0.2, -0.15) is 0 Å². The molecule has 1 atom stereocenters. The fourth-order valence-electron chi connectivity index (χ4n) is 2.75. The number of carbonyl (C=O) groups is 1. The number of fused-ring (bicyclic) bond motifs is 1. The minimum Gasteiger partial charge on any atom is -0.345 e. The van der Waals surface area contributed by atoms with E-state index in [1.54, 1.807) is 31.3 Å². The van der Waals surface area contributed by atoms with Gasteiger partial charge in [-0.25, -0.2) is 4.39 Å². The zero-order valence-corrected chi connectivity index (χ0v) is 12.2. The highest BCUT2D eigenvalue weighted by Gasteiger charge is 2.27. The van der Waals surface area contributed by atoms with Crippen LogP contribution in [0.5, 0.6) is 0 Å². The molecule has 3 rings (SSSR count). The summed E-state index contributed by atoms with van der Waals surface area (Å²) in [6.45, 7) is 1.79. The van der Waals surface area contributed by atoms with Crippen molar-refractivity contribution in [3.05, 3.63) is 63.7 Å². The Morgan fingerprint density at radius 1 is 1.48 bits per heavy atom. The predicted octanol–water partition coefficient (Wildman–Crippen LogP) is 3.60. The average molecular weight is 305 g/mol. The summed E-state index contributed by atoms with van der Waals surface area (Å²) >= 11 is 5.91. The summed E-state index contributed by atoms with van der Waals surface area (Å²) in [6, 6.07) is 6.29. The van der Waals surface area contributed by atoms with E-state index in [4.69, 9.17) is 11.6 Å². The SMILES string of the molecule is Cc1ncccc1C(=O)N[C@@H]1CCc2c(F)cc(Cl)cc21. The third kappa shape index (κ3) is 2.63. The van der Waals surface area contributed by atoms with Crippen LogP contribution in [0.2, 0.25) is 5.02 Å². The molecule has 0 radical (unpaired) electrons. The second-order valence-electron chi connectivity index (χ2n) is 5.16. The number of aryl methyl sites for hydroxylation is 1. The number of pyridine rings is 1. The number of hydrogen-bond donors (Lipinski definition) is 1. The van der Waals surface area contributed by atoms with Gasteiger partial charge in [0.05, 0.1) is 11.6 Å². The van der Waals surface area contributed by atoms with Crippen molar-refractivity contribution in [2.24, 2.45) is 0 Å². The molecule has 1 amide bonds. The minimum atomic E-state index is -0.299. The molecule has 21 heavy (non-hydrogen) atoms. The quantitative estimate of drug-likeness (QED) is 0.921. The van der Waals surface area contributed by atoms with Crippen molar-refractivity contribution in [1.29, 1.82) is 0 Å². The second-order valence-corrected chi connectivity index (χ2v) is 5.59. The standard InChI is InChI=1S/C16H14ClFN2O/c1-9-11(3-2-6-19-9)16(21)20-15-5-4-12-13(15)7-10(17)8-14(12)18/h2-3,6-8,15H,4-5H2,1H3,(H,20,21)/t15-/m1/s1.